The molecule has 2 aliphatic carbocycles. The van der Waals surface area contributed by atoms with Crippen LogP contribution in [-0.4, -0.2) is 19.1 Å². The van der Waals surface area contributed by atoms with E-state index >= 15 is 0 Å². The van der Waals surface area contributed by atoms with E-state index in [0.29, 0.717) is 6.04 Å². The summed E-state index contributed by atoms with van der Waals surface area (Å²) < 4.78 is 0. The molecule has 3 rings (SSSR count). The van der Waals surface area contributed by atoms with Crippen molar-refractivity contribution >= 4 is 17.3 Å². The molecule has 1 aromatic rings. The second kappa shape index (κ2) is 6.58. The van der Waals surface area contributed by atoms with Crippen LogP contribution in [-0.2, 0) is 6.54 Å². The molecule has 21 heavy (non-hydrogen) atoms. The summed E-state index contributed by atoms with van der Waals surface area (Å²) in [5.41, 5.74) is 2.59. The molecule has 1 N–H and O–H groups in total. The van der Waals surface area contributed by atoms with Gasteiger partial charge in [0.25, 0.3) is 0 Å². The third-order valence-electron chi connectivity index (χ3n) is 5.15. The van der Waals surface area contributed by atoms with Crippen LogP contribution in [0.1, 0.15) is 51.0 Å². The fraction of sp³-hybridized carbons (Fsp3) is 0.667. The van der Waals surface area contributed by atoms with Gasteiger partial charge in [0.15, 0.2) is 0 Å². The Morgan fingerprint density at radius 3 is 2.52 bits per heavy atom. The number of benzene rings is 1. The van der Waals surface area contributed by atoms with Crippen LogP contribution in [0, 0.1) is 5.92 Å². The fourth-order valence-corrected chi connectivity index (χ4v) is 3.65. The number of anilines is 1. The molecule has 0 spiro atoms. The molecule has 1 aromatic carbocycles. The van der Waals surface area contributed by atoms with E-state index in [9.17, 15) is 0 Å². The van der Waals surface area contributed by atoms with E-state index in [1.807, 2.05) is 6.07 Å². The molecule has 116 valence electrons. The number of hydrogen-bond donors (Lipinski definition) is 1. The minimum Gasteiger partial charge on any atom is -0.371 e. The molecule has 2 aliphatic rings. The summed E-state index contributed by atoms with van der Waals surface area (Å²) in [5.74, 6) is 0.894. The van der Waals surface area contributed by atoms with Crippen molar-refractivity contribution in [1.29, 1.82) is 0 Å². The molecule has 0 saturated heterocycles. The summed E-state index contributed by atoms with van der Waals surface area (Å²) in [6.45, 7) is 3.27. The Morgan fingerprint density at radius 2 is 1.86 bits per heavy atom. The second-order valence-electron chi connectivity index (χ2n) is 6.92. The summed E-state index contributed by atoms with van der Waals surface area (Å²) in [4.78, 5) is 2.47. The minimum atomic E-state index is 0.666. The third kappa shape index (κ3) is 3.73. The topological polar surface area (TPSA) is 15.3 Å². The molecule has 0 unspecified atom stereocenters. The number of rotatable bonds is 5. The van der Waals surface area contributed by atoms with Gasteiger partial charge in [0.1, 0.15) is 0 Å². The number of halogens is 1. The van der Waals surface area contributed by atoms with Crippen LogP contribution >= 0.6 is 11.6 Å². The van der Waals surface area contributed by atoms with Crippen LogP contribution in [0.25, 0.3) is 0 Å². The van der Waals surface area contributed by atoms with Crippen molar-refractivity contribution in [2.24, 2.45) is 5.92 Å². The first kappa shape index (κ1) is 15.2. The lowest BCUT2D eigenvalue weighted by molar-refractivity contribution is 0.340. The predicted octanol–water partition coefficient (Wildman–Crippen LogP) is 4.61. The standard InChI is InChI=1S/C18H27ClN2/c1-13-6-10-15(11-7-13)21(2)18-5-3-4-17(19)16(18)12-20-14-8-9-14/h3-5,13-15,20H,6-12H2,1-2H3. The first-order chi connectivity index (χ1) is 10.1. The third-order valence-corrected chi connectivity index (χ3v) is 5.51. The van der Waals surface area contributed by atoms with E-state index in [2.05, 4.69) is 36.3 Å². The molecule has 2 fully saturated rings. The second-order valence-corrected chi connectivity index (χ2v) is 7.32. The number of nitrogens with zero attached hydrogens (tertiary/aromatic N) is 1. The van der Waals surface area contributed by atoms with E-state index in [4.69, 9.17) is 11.6 Å². The van der Waals surface area contributed by atoms with Crippen molar-refractivity contribution in [3.05, 3.63) is 28.8 Å². The highest BCUT2D eigenvalue weighted by Crippen LogP contribution is 2.34. The van der Waals surface area contributed by atoms with E-state index in [0.717, 1.165) is 23.5 Å². The monoisotopic (exact) mass is 306 g/mol. The average molecular weight is 307 g/mol. The quantitative estimate of drug-likeness (QED) is 0.855. The SMILES string of the molecule is CC1CCC(N(C)c2cccc(Cl)c2CNC2CC2)CC1. The van der Waals surface area contributed by atoms with Crippen molar-refractivity contribution in [2.75, 3.05) is 11.9 Å². The zero-order valence-corrected chi connectivity index (χ0v) is 14.0. The summed E-state index contributed by atoms with van der Waals surface area (Å²) >= 11 is 6.47. The molecule has 0 aromatic heterocycles. The Kier molecular flexibility index (Phi) is 4.75. The summed E-state index contributed by atoms with van der Waals surface area (Å²) in [7, 11) is 2.24. The molecule has 3 heteroatoms. The van der Waals surface area contributed by atoms with Crippen LogP contribution in [0.4, 0.5) is 5.69 Å². The molecule has 0 amide bonds. The molecular formula is C18H27ClN2. The number of nitrogens with one attached hydrogen (secondary N) is 1. The maximum Gasteiger partial charge on any atom is 0.0471 e. The molecule has 0 atom stereocenters. The Bertz CT molecular complexity index is 476. The lowest BCUT2D eigenvalue weighted by atomic mass is 9.86. The lowest BCUT2D eigenvalue weighted by Gasteiger charge is -2.36. The van der Waals surface area contributed by atoms with Crippen LogP contribution in [0.5, 0.6) is 0 Å². The highest BCUT2D eigenvalue weighted by molar-refractivity contribution is 6.31. The highest BCUT2D eigenvalue weighted by atomic mass is 35.5. The van der Waals surface area contributed by atoms with E-state index in [-0.39, 0.29) is 0 Å². The smallest absolute Gasteiger partial charge is 0.0471 e. The van der Waals surface area contributed by atoms with Gasteiger partial charge in [-0.05, 0) is 56.6 Å². The molecule has 0 bridgehead atoms. The summed E-state index contributed by atoms with van der Waals surface area (Å²) in [6.07, 6.45) is 7.95. The minimum absolute atomic E-state index is 0.666. The summed E-state index contributed by atoms with van der Waals surface area (Å²) in [6, 6.07) is 7.72. The zero-order valence-electron chi connectivity index (χ0n) is 13.2. The first-order valence-corrected chi connectivity index (χ1v) is 8.76. The van der Waals surface area contributed by atoms with Crippen LogP contribution in [0.15, 0.2) is 18.2 Å². The van der Waals surface area contributed by atoms with Gasteiger partial charge in [-0.2, -0.15) is 0 Å². The van der Waals surface area contributed by atoms with Gasteiger partial charge in [0.05, 0.1) is 0 Å². The first-order valence-electron chi connectivity index (χ1n) is 8.38. The van der Waals surface area contributed by atoms with Crippen LogP contribution < -0.4 is 10.2 Å². The number of hydrogen-bond acceptors (Lipinski definition) is 2. The predicted molar refractivity (Wildman–Crippen MR) is 91.1 cm³/mol. The van der Waals surface area contributed by atoms with Crippen molar-refractivity contribution in [3.8, 4) is 0 Å². The maximum atomic E-state index is 6.47. The van der Waals surface area contributed by atoms with Gasteiger partial charge in [0, 0.05) is 41.9 Å². The van der Waals surface area contributed by atoms with Gasteiger partial charge in [-0.25, -0.2) is 0 Å². The summed E-state index contributed by atoms with van der Waals surface area (Å²) in [5, 5.41) is 4.51. The molecule has 0 radical (unpaired) electrons. The van der Waals surface area contributed by atoms with Gasteiger partial charge < -0.3 is 10.2 Å². The Balaban J connectivity index is 1.74. The van der Waals surface area contributed by atoms with E-state index < -0.39 is 0 Å². The molecular weight excluding hydrogens is 280 g/mol. The average Bonchev–Trinajstić information content (AvgIpc) is 3.30. The van der Waals surface area contributed by atoms with Gasteiger partial charge >= 0.3 is 0 Å². The Hall–Kier alpha value is -0.730. The normalized spacial score (nSPS) is 25.9. The van der Waals surface area contributed by atoms with Crippen molar-refractivity contribution < 1.29 is 0 Å². The van der Waals surface area contributed by atoms with Gasteiger partial charge in [-0.1, -0.05) is 24.6 Å². The zero-order chi connectivity index (χ0) is 14.8. The van der Waals surface area contributed by atoms with E-state index in [1.165, 1.54) is 49.8 Å². The van der Waals surface area contributed by atoms with Crippen LogP contribution in [0.3, 0.4) is 0 Å². The van der Waals surface area contributed by atoms with Gasteiger partial charge in [-0.15, -0.1) is 0 Å². The molecule has 2 nitrogen and oxygen atoms in total. The Labute approximate surface area is 133 Å². The highest BCUT2D eigenvalue weighted by Gasteiger charge is 2.25. The Morgan fingerprint density at radius 1 is 1.14 bits per heavy atom. The fourth-order valence-electron chi connectivity index (χ4n) is 3.41. The lowest BCUT2D eigenvalue weighted by Crippen LogP contribution is -2.35. The van der Waals surface area contributed by atoms with Gasteiger partial charge in [0.2, 0.25) is 0 Å². The molecule has 2 saturated carbocycles. The van der Waals surface area contributed by atoms with E-state index in [1.54, 1.807) is 0 Å². The maximum absolute atomic E-state index is 6.47. The van der Waals surface area contributed by atoms with Crippen molar-refractivity contribution in [3.63, 3.8) is 0 Å². The largest absolute Gasteiger partial charge is 0.371 e. The van der Waals surface area contributed by atoms with Crippen molar-refractivity contribution in [2.45, 2.75) is 64.1 Å². The molecule has 0 heterocycles. The van der Waals surface area contributed by atoms with Crippen molar-refractivity contribution in [1.82, 2.24) is 5.32 Å². The van der Waals surface area contributed by atoms with Crippen LogP contribution in [0.2, 0.25) is 5.02 Å². The van der Waals surface area contributed by atoms with Gasteiger partial charge in [-0.3, -0.25) is 0 Å². The molecule has 0 aliphatic heterocycles.